The largest absolute Gasteiger partial charge is 0.478 e. The molecule has 0 aromatic heterocycles. The molecule has 0 heterocycles. The average Bonchev–Trinajstić information content (AvgIpc) is 2.26. The monoisotopic (exact) mass is 243 g/mol. The minimum absolute atomic E-state index is 0.0111. The summed E-state index contributed by atoms with van der Waals surface area (Å²) in [7, 11) is 0. The molecule has 0 aliphatic carbocycles. The van der Waals surface area contributed by atoms with Crippen LogP contribution in [0.3, 0.4) is 0 Å². The molecule has 17 heavy (non-hydrogen) atoms. The van der Waals surface area contributed by atoms with Crippen LogP contribution in [0.15, 0.2) is 11.1 Å². The van der Waals surface area contributed by atoms with Crippen LogP contribution in [0.1, 0.15) is 34.1 Å². The first-order chi connectivity index (χ1) is 7.82. The molecule has 0 bridgehead atoms. The van der Waals surface area contributed by atoms with Gasteiger partial charge in [0.05, 0.1) is 0 Å². The van der Waals surface area contributed by atoms with Crippen LogP contribution in [0.4, 0.5) is 0 Å². The van der Waals surface area contributed by atoms with Gasteiger partial charge in [0.15, 0.2) is 0 Å². The summed E-state index contributed by atoms with van der Waals surface area (Å²) in [5.74, 6) is -1.37. The molecule has 0 saturated carbocycles. The Labute approximate surface area is 102 Å². The molecule has 0 spiro atoms. The summed E-state index contributed by atoms with van der Waals surface area (Å²) in [6, 6.07) is -0.0226. The van der Waals surface area contributed by atoms with Gasteiger partial charge >= 0.3 is 5.97 Å². The van der Waals surface area contributed by atoms with E-state index in [1.54, 1.807) is 4.90 Å². The number of hydrogen-bond donors (Lipinski definition) is 2. The van der Waals surface area contributed by atoms with E-state index >= 15 is 0 Å². The van der Waals surface area contributed by atoms with Gasteiger partial charge in [-0.25, -0.2) is 4.79 Å². The van der Waals surface area contributed by atoms with Gasteiger partial charge < -0.3 is 15.1 Å². The fourth-order valence-electron chi connectivity index (χ4n) is 1.37. The number of amides is 1. The second kappa shape index (κ2) is 7.06. The molecule has 0 aromatic carbocycles. The Morgan fingerprint density at radius 3 is 2.06 bits per heavy atom. The molecule has 0 rings (SSSR count). The highest BCUT2D eigenvalue weighted by molar-refractivity contribution is 6.01. The van der Waals surface area contributed by atoms with E-state index in [9.17, 15) is 9.59 Å². The van der Waals surface area contributed by atoms with Gasteiger partial charge in [0.2, 0.25) is 5.91 Å². The van der Waals surface area contributed by atoms with Gasteiger partial charge in [-0.15, -0.1) is 0 Å². The van der Waals surface area contributed by atoms with Crippen LogP contribution in [-0.4, -0.2) is 46.2 Å². The predicted octanol–water partition coefficient (Wildman–Crippen LogP) is 1.03. The molecular formula is C12H21NO4. The third-order valence-corrected chi connectivity index (χ3v) is 2.65. The number of carbonyl (C=O) groups excluding carboxylic acids is 1. The lowest BCUT2D eigenvalue weighted by Crippen LogP contribution is -2.39. The van der Waals surface area contributed by atoms with E-state index in [1.807, 2.05) is 13.8 Å². The lowest BCUT2D eigenvalue weighted by atomic mass is 10.1. The lowest BCUT2D eigenvalue weighted by molar-refractivity contribution is -0.134. The summed E-state index contributed by atoms with van der Waals surface area (Å²) in [5.41, 5.74) is 0.300. The lowest BCUT2D eigenvalue weighted by Gasteiger charge is -2.27. The quantitative estimate of drug-likeness (QED) is 0.683. The number of aliphatic hydroxyl groups is 1. The highest BCUT2D eigenvalue weighted by atomic mass is 16.4. The van der Waals surface area contributed by atoms with Gasteiger partial charge in [-0.1, -0.05) is 0 Å². The third-order valence-electron chi connectivity index (χ3n) is 2.65. The van der Waals surface area contributed by atoms with Crippen molar-refractivity contribution >= 4 is 11.9 Å². The van der Waals surface area contributed by atoms with Crippen molar-refractivity contribution < 1.29 is 19.8 Å². The maximum atomic E-state index is 12.1. The van der Waals surface area contributed by atoms with Crippen LogP contribution in [0.2, 0.25) is 0 Å². The van der Waals surface area contributed by atoms with Crippen LogP contribution in [0.25, 0.3) is 0 Å². The molecular weight excluding hydrogens is 222 g/mol. The summed E-state index contributed by atoms with van der Waals surface area (Å²) in [5, 5.41) is 17.6. The second-order valence-corrected chi connectivity index (χ2v) is 4.22. The number of carboxylic acid groups (broad SMARTS) is 1. The first-order valence-corrected chi connectivity index (χ1v) is 5.65. The van der Waals surface area contributed by atoms with Crippen molar-refractivity contribution in [1.29, 1.82) is 0 Å². The van der Waals surface area contributed by atoms with Gasteiger partial charge in [0.1, 0.15) is 0 Å². The fourth-order valence-corrected chi connectivity index (χ4v) is 1.37. The topological polar surface area (TPSA) is 77.8 Å². The van der Waals surface area contributed by atoms with Crippen LogP contribution in [-0.2, 0) is 9.59 Å². The van der Waals surface area contributed by atoms with Crippen molar-refractivity contribution in [1.82, 2.24) is 4.90 Å². The van der Waals surface area contributed by atoms with Crippen molar-refractivity contribution in [2.75, 3.05) is 13.2 Å². The van der Waals surface area contributed by atoms with Gasteiger partial charge in [-0.3, -0.25) is 4.79 Å². The van der Waals surface area contributed by atoms with Crippen LogP contribution in [0.5, 0.6) is 0 Å². The average molecular weight is 243 g/mol. The minimum atomic E-state index is -1.08. The molecule has 0 saturated heterocycles. The molecule has 0 atom stereocenters. The van der Waals surface area contributed by atoms with Crippen molar-refractivity contribution in [2.24, 2.45) is 0 Å². The third kappa shape index (κ3) is 4.56. The molecule has 0 radical (unpaired) electrons. The number of nitrogens with zero attached hydrogens (tertiary/aromatic N) is 1. The maximum absolute atomic E-state index is 12.1. The molecule has 5 heteroatoms. The van der Waals surface area contributed by atoms with Crippen molar-refractivity contribution in [3.8, 4) is 0 Å². The Kier molecular flexibility index (Phi) is 6.50. The second-order valence-electron chi connectivity index (χ2n) is 4.22. The van der Waals surface area contributed by atoms with Crippen LogP contribution >= 0.6 is 0 Å². The number of rotatable bonds is 6. The zero-order valence-corrected chi connectivity index (χ0v) is 10.9. The Morgan fingerprint density at radius 1 is 1.18 bits per heavy atom. The highest BCUT2D eigenvalue weighted by Gasteiger charge is 2.21. The standard InChI is InChI=1S/C12H21NO4/c1-8(2)13(6-5-7-14)11(15)9(3)10(4)12(16)17/h8,14H,5-7H2,1-4H3,(H,16,17). The molecule has 2 N–H and O–H groups in total. The van der Waals surface area contributed by atoms with E-state index in [4.69, 9.17) is 10.2 Å². The molecule has 0 aliphatic heterocycles. The van der Waals surface area contributed by atoms with Gasteiger partial charge in [-0.05, 0) is 34.1 Å². The van der Waals surface area contributed by atoms with Crippen molar-refractivity contribution in [3.63, 3.8) is 0 Å². The Hall–Kier alpha value is -1.36. The number of aliphatic hydroxyl groups excluding tert-OH is 1. The smallest absolute Gasteiger partial charge is 0.331 e. The first kappa shape index (κ1) is 15.6. The van der Waals surface area contributed by atoms with Gasteiger partial charge in [0, 0.05) is 30.3 Å². The molecule has 98 valence electrons. The van der Waals surface area contributed by atoms with Crippen molar-refractivity contribution in [3.05, 3.63) is 11.1 Å². The van der Waals surface area contributed by atoms with E-state index in [0.717, 1.165) is 0 Å². The summed E-state index contributed by atoms with van der Waals surface area (Å²) < 4.78 is 0. The number of carboxylic acids is 1. The Morgan fingerprint density at radius 2 is 1.71 bits per heavy atom. The molecule has 0 unspecified atom stereocenters. The van der Waals surface area contributed by atoms with E-state index in [1.165, 1.54) is 13.8 Å². The fraction of sp³-hybridized carbons (Fsp3) is 0.667. The summed E-state index contributed by atoms with van der Waals surface area (Å²) in [4.78, 5) is 24.4. The summed E-state index contributed by atoms with van der Waals surface area (Å²) >= 11 is 0. The minimum Gasteiger partial charge on any atom is -0.478 e. The highest BCUT2D eigenvalue weighted by Crippen LogP contribution is 2.11. The maximum Gasteiger partial charge on any atom is 0.331 e. The SMILES string of the molecule is CC(C(=O)O)=C(C)C(=O)N(CCCO)C(C)C. The normalized spacial score (nSPS) is 12.4. The zero-order valence-electron chi connectivity index (χ0n) is 10.9. The predicted molar refractivity (Wildman–Crippen MR) is 64.6 cm³/mol. The molecule has 0 aliphatic rings. The van der Waals surface area contributed by atoms with Crippen molar-refractivity contribution in [2.45, 2.75) is 40.2 Å². The van der Waals surface area contributed by atoms with Gasteiger partial charge in [-0.2, -0.15) is 0 Å². The van der Waals surface area contributed by atoms with E-state index in [0.29, 0.717) is 13.0 Å². The van der Waals surface area contributed by atoms with E-state index in [2.05, 4.69) is 0 Å². The zero-order chi connectivity index (χ0) is 13.6. The van der Waals surface area contributed by atoms with E-state index in [-0.39, 0.29) is 29.7 Å². The number of carbonyl (C=O) groups is 2. The van der Waals surface area contributed by atoms with E-state index < -0.39 is 5.97 Å². The summed E-state index contributed by atoms with van der Waals surface area (Å²) in [6.07, 6.45) is 0.489. The Bertz CT molecular complexity index is 320. The Balaban J connectivity index is 4.96. The molecule has 1 amide bonds. The first-order valence-electron chi connectivity index (χ1n) is 5.65. The van der Waals surface area contributed by atoms with Crippen LogP contribution < -0.4 is 0 Å². The number of hydrogen-bond acceptors (Lipinski definition) is 3. The van der Waals surface area contributed by atoms with Crippen LogP contribution in [0, 0.1) is 0 Å². The molecule has 0 aromatic rings. The van der Waals surface area contributed by atoms with Gasteiger partial charge in [0.25, 0.3) is 0 Å². The summed E-state index contributed by atoms with van der Waals surface area (Å²) in [6.45, 7) is 7.09. The molecule has 5 nitrogen and oxygen atoms in total. The molecule has 0 fully saturated rings. The number of aliphatic carboxylic acids is 1.